The van der Waals surface area contributed by atoms with E-state index in [2.05, 4.69) is 54.2 Å². The molecule has 1 saturated heterocycles. The molecular weight excluding hydrogens is 384 g/mol. The molecule has 1 saturated carbocycles. The Kier molecular flexibility index (Phi) is 4.70. The molecule has 2 aliphatic rings. The molecule has 1 aliphatic heterocycles. The van der Waals surface area contributed by atoms with Crippen LogP contribution >= 0.6 is 31.9 Å². The average Bonchev–Trinajstić information content (AvgIpc) is 3.27. The van der Waals surface area contributed by atoms with Crippen LogP contribution in [0.1, 0.15) is 30.9 Å². The fraction of sp³-hybridized carbons (Fsp3) is 0.600. The zero-order valence-electron chi connectivity index (χ0n) is 11.4. The molecule has 0 aromatic heterocycles. The van der Waals surface area contributed by atoms with Crippen molar-refractivity contribution in [2.45, 2.75) is 25.3 Å². The van der Waals surface area contributed by atoms with E-state index in [1.165, 1.54) is 24.8 Å². The second kappa shape index (κ2) is 6.34. The fourth-order valence-electron chi connectivity index (χ4n) is 2.94. The summed E-state index contributed by atoms with van der Waals surface area (Å²) in [6.07, 6.45) is 4.00. The normalized spacial score (nSPS) is 21.9. The lowest BCUT2D eigenvalue weighted by Crippen LogP contribution is -2.45. The van der Waals surface area contributed by atoms with Gasteiger partial charge < -0.3 is 10.4 Å². The number of nitrogens with zero attached hydrogens (tertiary/aromatic N) is 1. The summed E-state index contributed by atoms with van der Waals surface area (Å²) in [5.74, 6) is 1.18. The summed E-state index contributed by atoms with van der Waals surface area (Å²) in [6.45, 7) is 4.35. The molecule has 0 bridgehead atoms. The monoisotopic (exact) mass is 402 g/mol. The van der Waals surface area contributed by atoms with E-state index in [9.17, 15) is 5.11 Å². The van der Waals surface area contributed by atoms with Crippen LogP contribution in [-0.4, -0.2) is 36.2 Å². The topological polar surface area (TPSA) is 35.5 Å². The summed E-state index contributed by atoms with van der Waals surface area (Å²) in [4.78, 5) is 2.58. The maximum absolute atomic E-state index is 9.90. The Morgan fingerprint density at radius 3 is 2.35 bits per heavy atom. The number of phenolic OH excluding ortho intramolecular Hbond substituents is 1. The van der Waals surface area contributed by atoms with Gasteiger partial charge in [-0.15, -0.1) is 0 Å². The molecule has 110 valence electrons. The molecule has 1 aromatic carbocycles. The summed E-state index contributed by atoms with van der Waals surface area (Å²) in [5, 5.41) is 13.3. The third-order valence-electron chi connectivity index (χ3n) is 4.27. The van der Waals surface area contributed by atoms with Gasteiger partial charge in [0.05, 0.1) is 8.95 Å². The Hall–Kier alpha value is -0.100. The first-order valence-corrected chi connectivity index (χ1v) is 8.86. The second-order valence-electron chi connectivity index (χ2n) is 5.81. The highest BCUT2D eigenvalue weighted by molar-refractivity contribution is 9.11. The van der Waals surface area contributed by atoms with Gasteiger partial charge in [-0.3, -0.25) is 4.90 Å². The zero-order valence-corrected chi connectivity index (χ0v) is 14.6. The van der Waals surface area contributed by atoms with E-state index in [0.29, 0.717) is 11.8 Å². The minimum absolute atomic E-state index is 0.291. The maximum atomic E-state index is 9.90. The lowest BCUT2D eigenvalue weighted by Gasteiger charge is -2.35. The van der Waals surface area contributed by atoms with Crippen LogP contribution in [-0.2, 0) is 0 Å². The van der Waals surface area contributed by atoms with Crippen LogP contribution in [0.4, 0.5) is 0 Å². The first-order chi connectivity index (χ1) is 9.65. The Morgan fingerprint density at radius 2 is 1.80 bits per heavy atom. The van der Waals surface area contributed by atoms with Crippen LogP contribution in [0.25, 0.3) is 0 Å². The quantitative estimate of drug-likeness (QED) is 0.805. The molecule has 0 amide bonds. The molecule has 1 atom stereocenters. The standard InChI is InChI=1S/C15H20Br2N2O/c16-12-8-11(9-13(17)15(12)20)14(7-10-1-2-10)19-5-3-18-4-6-19/h8-10,14,18,20H,1-7H2/t14-/m1/s1. The average molecular weight is 404 g/mol. The minimum Gasteiger partial charge on any atom is -0.506 e. The molecule has 0 unspecified atom stereocenters. The number of phenols is 1. The molecule has 0 spiro atoms. The predicted octanol–water partition coefficient (Wildman–Crippen LogP) is 3.66. The lowest BCUT2D eigenvalue weighted by molar-refractivity contribution is 0.160. The molecule has 3 rings (SSSR count). The van der Waals surface area contributed by atoms with Crippen molar-refractivity contribution >= 4 is 31.9 Å². The van der Waals surface area contributed by atoms with Gasteiger partial charge in [-0.2, -0.15) is 0 Å². The van der Waals surface area contributed by atoms with E-state index in [1.54, 1.807) is 0 Å². The molecule has 2 N–H and O–H groups in total. The van der Waals surface area contributed by atoms with Crippen molar-refractivity contribution in [2.24, 2.45) is 5.92 Å². The van der Waals surface area contributed by atoms with Crippen molar-refractivity contribution in [2.75, 3.05) is 26.2 Å². The highest BCUT2D eigenvalue weighted by Gasteiger charge is 2.31. The van der Waals surface area contributed by atoms with Crippen LogP contribution in [0.2, 0.25) is 0 Å². The van der Waals surface area contributed by atoms with Crippen LogP contribution < -0.4 is 5.32 Å². The molecule has 20 heavy (non-hydrogen) atoms. The van der Waals surface area contributed by atoms with Crippen LogP contribution in [0.3, 0.4) is 0 Å². The van der Waals surface area contributed by atoms with Crippen molar-refractivity contribution in [3.63, 3.8) is 0 Å². The van der Waals surface area contributed by atoms with E-state index in [-0.39, 0.29) is 0 Å². The molecular formula is C15H20Br2N2O. The van der Waals surface area contributed by atoms with Gasteiger partial charge in [-0.05, 0) is 61.9 Å². The van der Waals surface area contributed by atoms with E-state index >= 15 is 0 Å². The summed E-state index contributed by atoms with van der Waals surface area (Å²) in [5.41, 5.74) is 1.30. The van der Waals surface area contributed by atoms with Crippen molar-refractivity contribution in [3.05, 3.63) is 26.6 Å². The minimum atomic E-state index is 0.291. The van der Waals surface area contributed by atoms with Gasteiger partial charge in [-0.25, -0.2) is 0 Å². The SMILES string of the molecule is Oc1c(Br)cc([C@@H](CC2CC2)N2CCNCC2)cc1Br. The molecule has 1 aliphatic carbocycles. The highest BCUT2D eigenvalue weighted by Crippen LogP contribution is 2.43. The summed E-state index contributed by atoms with van der Waals surface area (Å²) in [6, 6.07) is 4.63. The number of piperazine rings is 1. The molecule has 1 aromatic rings. The number of rotatable bonds is 4. The zero-order chi connectivity index (χ0) is 14.1. The van der Waals surface area contributed by atoms with Crippen molar-refractivity contribution < 1.29 is 5.11 Å². The largest absolute Gasteiger partial charge is 0.506 e. The van der Waals surface area contributed by atoms with E-state index in [1.807, 2.05) is 0 Å². The smallest absolute Gasteiger partial charge is 0.143 e. The Morgan fingerprint density at radius 1 is 1.20 bits per heavy atom. The second-order valence-corrected chi connectivity index (χ2v) is 7.52. The first kappa shape index (κ1) is 14.8. The predicted molar refractivity (Wildman–Crippen MR) is 88.0 cm³/mol. The fourth-order valence-corrected chi connectivity index (χ4v) is 4.16. The summed E-state index contributed by atoms with van der Waals surface area (Å²) >= 11 is 6.92. The van der Waals surface area contributed by atoms with Crippen molar-refractivity contribution in [1.82, 2.24) is 10.2 Å². The molecule has 0 radical (unpaired) electrons. The van der Waals surface area contributed by atoms with Crippen LogP contribution in [0.5, 0.6) is 5.75 Å². The summed E-state index contributed by atoms with van der Waals surface area (Å²) < 4.78 is 1.55. The van der Waals surface area contributed by atoms with Gasteiger partial charge in [0.2, 0.25) is 0 Å². The molecule has 2 fully saturated rings. The van der Waals surface area contributed by atoms with E-state index < -0.39 is 0 Å². The van der Waals surface area contributed by atoms with Gasteiger partial charge in [0.15, 0.2) is 0 Å². The molecule has 1 heterocycles. The van der Waals surface area contributed by atoms with Crippen molar-refractivity contribution in [3.8, 4) is 5.75 Å². The Bertz CT molecular complexity index is 462. The molecule has 3 nitrogen and oxygen atoms in total. The van der Waals surface area contributed by atoms with E-state index in [4.69, 9.17) is 0 Å². The molecule has 5 heteroatoms. The third-order valence-corrected chi connectivity index (χ3v) is 5.48. The Labute approximate surface area is 137 Å². The van der Waals surface area contributed by atoms with Gasteiger partial charge in [0.25, 0.3) is 0 Å². The summed E-state index contributed by atoms with van der Waals surface area (Å²) in [7, 11) is 0. The number of hydrogen-bond acceptors (Lipinski definition) is 3. The number of aromatic hydroxyl groups is 1. The third kappa shape index (κ3) is 3.38. The van der Waals surface area contributed by atoms with Gasteiger partial charge in [0.1, 0.15) is 5.75 Å². The highest BCUT2D eigenvalue weighted by atomic mass is 79.9. The van der Waals surface area contributed by atoms with E-state index in [0.717, 1.165) is 41.0 Å². The maximum Gasteiger partial charge on any atom is 0.143 e. The van der Waals surface area contributed by atoms with Crippen LogP contribution in [0.15, 0.2) is 21.1 Å². The van der Waals surface area contributed by atoms with Gasteiger partial charge in [0, 0.05) is 32.2 Å². The number of benzene rings is 1. The van der Waals surface area contributed by atoms with Crippen LogP contribution in [0, 0.1) is 5.92 Å². The number of halogens is 2. The Balaban J connectivity index is 1.87. The lowest BCUT2D eigenvalue weighted by atomic mass is 9.98. The van der Waals surface area contributed by atoms with Gasteiger partial charge >= 0.3 is 0 Å². The first-order valence-electron chi connectivity index (χ1n) is 7.28. The number of hydrogen-bond donors (Lipinski definition) is 2. The number of nitrogens with one attached hydrogen (secondary N) is 1. The van der Waals surface area contributed by atoms with Gasteiger partial charge in [-0.1, -0.05) is 12.8 Å². The van der Waals surface area contributed by atoms with Crippen molar-refractivity contribution in [1.29, 1.82) is 0 Å².